The van der Waals surface area contributed by atoms with Crippen LogP contribution in [0.15, 0.2) is 58.4 Å². The third-order valence-corrected chi connectivity index (χ3v) is 8.55. The predicted molar refractivity (Wildman–Crippen MR) is 132 cm³/mol. The number of nitrogens with one attached hydrogen (secondary N) is 1. The Bertz CT molecular complexity index is 1480. The number of para-hydroxylation sites is 1. The van der Waals surface area contributed by atoms with E-state index in [1.165, 1.54) is 12.1 Å². The van der Waals surface area contributed by atoms with Gasteiger partial charge in [-0.25, -0.2) is 9.69 Å². The molecule has 0 saturated carbocycles. The number of benzene rings is 2. The van der Waals surface area contributed by atoms with Gasteiger partial charge in [0.15, 0.2) is 6.61 Å². The van der Waals surface area contributed by atoms with Crippen molar-refractivity contribution >= 4 is 46.6 Å². The number of hydrogen-bond acceptors (Lipinski definition) is 8. The van der Waals surface area contributed by atoms with Gasteiger partial charge in [-0.15, -0.1) is 0 Å². The van der Waals surface area contributed by atoms with E-state index in [2.05, 4.69) is 4.98 Å². The fourth-order valence-corrected chi connectivity index (χ4v) is 7.18. The molecule has 1 N–H and O–H groups in total. The van der Waals surface area contributed by atoms with Crippen molar-refractivity contribution in [1.29, 1.82) is 0 Å². The number of nitrogens with zero attached hydrogens (tertiary/aromatic N) is 1. The number of imide groups is 1. The van der Waals surface area contributed by atoms with E-state index in [4.69, 9.17) is 9.47 Å². The molecular weight excluding hydrogens is 545 g/mol. The standard InChI is InChI=1S/C25H19F3N2O6S2/c1-2-35-16(31)11-36-13-7-5-6-12(10-13)17-18-20(37-21-19(17)38-24(34)29-21)23(33)30(22(18)32)15-9-4-3-8-14(15)25(26,27)28/h3-10,17-18,20H,2,11H2,1H3,(H,29,34)/t17-,18?,20?/m1/s1. The zero-order chi connectivity index (χ0) is 27.2. The summed E-state index contributed by atoms with van der Waals surface area (Å²) in [6.07, 6.45) is -4.79. The lowest BCUT2D eigenvalue weighted by atomic mass is 9.83. The molecule has 0 spiro atoms. The van der Waals surface area contributed by atoms with Crippen molar-refractivity contribution in [2.24, 2.45) is 5.92 Å². The molecule has 3 heterocycles. The van der Waals surface area contributed by atoms with E-state index in [9.17, 15) is 32.3 Å². The number of aromatic amines is 1. The number of rotatable bonds is 6. The van der Waals surface area contributed by atoms with Gasteiger partial charge < -0.3 is 14.5 Å². The first kappa shape index (κ1) is 26.0. The van der Waals surface area contributed by atoms with Crippen LogP contribution in [0.25, 0.3) is 0 Å². The van der Waals surface area contributed by atoms with Crippen molar-refractivity contribution in [3.63, 3.8) is 0 Å². The third kappa shape index (κ3) is 4.60. The number of amides is 2. The molecule has 1 fully saturated rings. The van der Waals surface area contributed by atoms with Crippen molar-refractivity contribution in [3.8, 4) is 5.75 Å². The van der Waals surface area contributed by atoms with Crippen molar-refractivity contribution in [1.82, 2.24) is 4.98 Å². The Balaban J connectivity index is 1.56. The number of anilines is 1. The number of ether oxygens (including phenoxy) is 2. The fraction of sp³-hybridized carbons (Fsp3) is 0.280. The van der Waals surface area contributed by atoms with E-state index >= 15 is 0 Å². The highest BCUT2D eigenvalue weighted by Gasteiger charge is 2.57. The summed E-state index contributed by atoms with van der Waals surface area (Å²) in [5.74, 6) is -3.77. The number of halogens is 3. The van der Waals surface area contributed by atoms with Crippen LogP contribution in [-0.2, 0) is 25.3 Å². The van der Waals surface area contributed by atoms with Gasteiger partial charge in [-0.1, -0.05) is 47.4 Å². The van der Waals surface area contributed by atoms with Gasteiger partial charge in [0.2, 0.25) is 11.8 Å². The van der Waals surface area contributed by atoms with Crippen LogP contribution in [0.2, 0.25) is 0 Å². The van der Waals surface area contributed by atoms with Crippen LogP contribution in [-0.4, -0.2) is 41.2 Å². The number of thiazole rings is 1. The minimum absolute atomic E-state index is 0.185. The molecule has 3 aromatic rings. The number of esters is 1. The number of fused-ring (bicyclic) bond motifs is 2. The highest BCUT2D eigenvalue weighted by molar-refractivity contribution is 8.00. The largest absolute Gasteiger partial charge is 0.482 e. The maximum Gasteiger partial charge on any atom is 0.418 e. The quantitative estimate of drug-likeness (QED) is 0.354. The molecule has 1 saturated heterocycles. The molecule has 0 bridgehead atoms. The van der Waals surface area contributed by atoms with Crippen molar-refractivity contribution < 1.29 is 37.0 Å². The van der Waals surface area contributed by atoms with Gasteiger partial charge in [-0.3, -0.25) is 14.4 Å². The second kappa shape index (κ2) is 9.95. The summed E-state index contributed by atoms with van der Waals surface area (Å²) < 4.78 is 51.7. The van der Waals surface area contributed by atoms with E-state index in [1.54, 1.807) is 31.2 Å². The minimum Gasteiger partial charge on any atom is -0.482 e. The molecule has 38 heavy (non-hydrogen) atoms. The lowest BCUT2D eigenvalue weighted by Gasteiger charge is -2.30. The first-order chi connectivity index (χ1) is 18.1. The molecule has 0 aliphatic carbocycles. The van der Waals surface area contributed by atoms with Crippen molar-refractivity contribution in [2.75, 3.05) is 18.1 Å². The summed E-state index contributed by atoms with van der Waals surface area (Å²) in [7, 11) is 0. The number of hydrogen-bond donors (Lipinski definition) is 1. The highest BCUT2D eigenvalue weighted by atomic mass is 32.2. The zero-order valence-corrected chi connectivity index (χ0v) is 21.2. The van der Waals surface area contributed by atoms with Crippen LogP contribution in [0.4, 0.5) is 18.9 Å². The number of carbonyl (C=O) groups is 3. The van der Waals surface area contributed by atoms with E-state index in [1.807, 2.05) is 0 Å². The van der Waals surface area contributed by atoms with Gasteiger partial charge in [0.05, 0.1) is 28.8 Å². The first-order valence-corrected chi connectivity index (χ1v) is 13.1. The van der Waals surface area contributed by atoms with Crippen LogP contribution in [0.3, 0.4) is 0 Å². The second-order valence-electron chi connectivity index (χ2n) is 8.44. The van der Waals surface area contributed by atoms with Crippen molar-refractivity contribution in [2.45, 2.75) is 29.3 Å². The van der Waals surface area contributed by atoms with Gasteiger partial charge in [-0.2, -0.15) is 13.2 Å². The molecular formula is C25H19F3N2O6S2. The Hall–Kier alpha value is -3.58. The van der Waals surface area contributed by atoms with E-state index in [-0.39, 0.29) is 23.8 Å². The van der Waals surface area contributed by atoms with Gasteiger partial charge in [-0.05, 0) is 36.8 Å². The second-order valence-corrected chi connectivity index (χ2v) is 10.6. The van der Waals surface area contributed by atoms with E-state index in [0.717, 1.165) is 35.2 Å². The highest BCUT2D eigenvalue weighted by Crippen LogP contribution is 2.54. The minimum atomic E-state index is -4.79. The van der Waals surface area contributed by atoms with Crippen molar-refractivity contribution in [3.05, 3.63) is 74.2 Å². The number of H-pyrrole nitrogens is 1. The van der Waals surface area contributed by atoms with Crippen LogP contribution < -0.4 is 14.5 Å². The zero-order valence-electron chi connectivity index (χ0n) is 19.6. The summed E-state index contributed by atoms with van der Waals surface area (Å²) in [5, 5.41) is -0.674. The first-order valence-electron chi connectivity index (χ1n) is 11.4. The molecule has 1 aromatic heterocycles. The molecule has 2 aliphatic heterocycles. The third-order valence-electron chi connectivity index (χ3n) is 6.15. The summed E-state index contributed by atoms with van der Waals surface area (Å²) in [6, 6.07) is 10.9. The summed E-state index contributed by atoms with van der Waals surface area (Å²) in [5.41, 5.74) is -1.13. The summed E-state index contributed by atoms with van der Waals surface area (Å²) in [6.45, 7) is 1.49. The molecule has 198 valence electrons. The molecule has 2 amide bonds. The van der Waals surface area contributed by atoms with Gasteiger partial charge >= 0.3 is 17.0 Å². The maximum absolute atomic E-state index is 13.8. The number of alkyl halides is 3. The van der Waals surface area contributed by atoms with E-state index in [0.29, 0.717) is 20.4 Å². The lowest BCUT2D eigenvalue weighted by molar-refractivity contribution is -0.145. The fourth-order valence-electron chi connectivity index (χ4n) is 4.66. The number of thioether (sulfide) groups is 1. The van der Waals surface area contributed by atoms with Gasteiger partial charge in [0, 0.05) is 10.8 Å². The molecule has 2 unspecified atom stereocenters. The average Bonchev–Trinajstić information content (AvgIpc) is 3.36. The van der Waals surface area contributed by atoms with Crippen LogP contribution >= 0.6 is 23.1 Å². The SMILES string of the molecule is CCOC(=O)COc1cccc([C@H]2c3sc(=O)[nH]c3SC3C(=O)N(c4ccccc4C(F)(F)F)C(=O)C32)c1. The molecule has 5 rings (SSSR count). The molecule has 2 aromatic carbocycles. The lowest BCUT2D eigenvalue weighted by Crippen LogP contribution is -2.33. The summed E-state index contributed by atoms with van der Waals surface area (Å²) >= 11 is 1.84. The maximum atomic E-state index is 13.8. The Morgan fingerprint density at radius 2 is 1.84 bits per heavy atom. The van der Waals surface area contributed by atoms with Gasteiger partial charge in [0.1, 0.15) is 11.0 Å². The Kier molecular flexibility index (Phi) is 6.82. The number of aromatic nitrogens is 1. The van der Waals surface area contributed by atoms with Crippen LogP contribution in [0.5, 0.6) is 5.75 Å². The average molecular weight is 565 g/mol. The molecule has 8 nitrogen and oxygen atoms in total. The predicted octanol–water partition coefficient (Wildman–Crippen LogP) is 4.19. The number of carbonyl (C=O) groups excluding carboxylic acids is 3. The van der Waals surface area contributed by atoms with E-state index < -0.39 is 52.3 Å². The Morgan fingerprint density at radius 1 is 1.08 bits per heavy atom. The molecule has 13 heteroatoms. The van der Waals surface area contributed by atoms with Gasteiger partial charge in [0.25, 0.3) is 0 Å². The summed E-state index contributed by atoms with van der Waals surface area (Å²) in [4.78, 5) is 54.6. The Labute approximate surface area is 221 Å². The molecule has 2 aliphatic rings. The normalized spacial score (nSPS) is 20.7. The molecule has 0 radical (unpaired) electrons. The van der Waals surface area contributed by atoms with Crippen LogP contribution in [0, 0.1) is 5.92 Å². The smallest absolute Gasteiger partial charge is 0.418 e. The van der Waals surface area contributed by atoms with Crippen LogP contribution in [0.1, 0.15) is 28.8 Å². The topological polar surface area (TPSA) is 106 Å². The monoisotopic (exact) mass is 564 g/mol. The Morgan fingerprint density at radius 3 is 2.58 bits per heavy atom. The molecule has 3 atom stereocenters.